The first-order valence-electron chi connectivity index (χ1n) is 11.5. The Kier molecular flexibility index (Phi) is 6.71. The first-order valence-corrected chi connectivity index (χ1v) is 11.8. The van der Waals surface area contributed by atoms with E-state index in [-0.39, 0.29) is 22.0 Å². The molecule has 0 atom stereocenters. The van der Waals surface area contributed by atoms with Gasteiger partial charge in [-0.15, -0.1) is 0 Å². The Morgan fingerprint density at radius 1 is 0.622 bits per heavy atom. The number of fused-ring (bicyclic) bond motifs is 2. The van der Waals surface area contributed by atoms with Crippen LogP contribution in [0.5, 0.6) is 0 Å². The third-order valence-electron chi connectivity index (χ3n) is 5.94. The topological polar surface area (TPSA) is 60.4 Å². The lowest BCUT2D eigenvalue weighted by molar-refractivity contribution is 0.600. The van der Waals surface area contributed by atoms with Crippen LogP contribution in [0.2, 0.25) is 5.02 Å². The van der Waals surface area contributed by atoms with Crippen molar-refractivity contribution in [2.75, 3.05) is 0 Å². The van der Waals surface area contributed by atoms with E-state index in [2.05, 4.69) is 0 Å². The largest absolute Gasteiger partial charge is 0.463 e. The number of halogens is 2. The summed E-state index contributed by atoms with van der Waals surface area (Å²) >= 11 is 6.10. The SMILES string of the molecule is Cc1ccc(-c2coc3ccccc3c2=O)c(F)c1.O=c1c(-c2ccccc2Cl)coc2ccccc12. The van der Waals surface area contributed by atoms with Crippen molar-refractivity contribution in [1.29, 1.82) is 0 Å². The van der Waals surface area contributed by atoms with E-state index in [1.807, 2.05) is 30.3 Å². The molecule has 0 bridgehead atoms. The Balaban J connectivity index is 0.000000152. The molecule has 6 aromatic rings. The first-order chi connectivity index (χ1) is 17.9. The highest BCUT2D eigenvalue weighted by Gasteiger charge is 2.13. The summed E-state index contributed by atoms with van der Waals surface area (Å²) < 4.78 is 24.8. The van der Waals surface area contributed by atoms with Crippen molar-refractivity contribution >= 4 is 33.5 Å². The fourth-order valence-corrected chi connectivity index (χ4v) is 4.28. The second kappa shape index (κ2) is 10.2. The highest BCUT2D eigenvalue weighted by atomic mass is 35.5. The van der Waals surface area contributed by atoms with Crippen LogP contribution in [0.25, 0.3) is 44.2 Å². The average Bonchev–Trinajstić information content (AvgIpc) is 2.91. The summed E-state index contributed by atoms with van der Waals surface area (Å²) in [6, 6.07) is 26.1. The van der Waals surface area contributed by atoms with Crippen molar-refractivity contribution in [3.05, 3.63) is 140 Å². The minimum absolute atomic E-state index is 0.0649. The zero-order valence-corrected chi connectivity index (χ0v) is 20.5. The third kappa shape index (κ3) is 4.82. The number of rotatable bonds is 2. The molecule has 0 aliphatic rings. The molecule has 4 nitrogen and oxygen atoms in total. The van der Waals surface area contributed by atoms with Gasteiger partial charge in [-0.05, 0) is 48.9 Å². The maximum Gasteiger partial charge on any atom is 0.200 e. The molecular formula is C31H20ClFO4. The summed E-state index contributed by atoms with van der Waals surface area (Å²) in [5.41, 5.74) is 3.31. The monoisotopic (exact) mass is 510 g/mol. The van der Waals surface area contributed by atoms with Gasteiger partial charge < -0.3 is 8.83 Å². The van der Waals surface area contributed by atoms with Crippen molar-refractivity contribution in [3.63, 3.8) is 0 Å². The van der Waals surface area contributed by atoms with Crippen LogP contribution in [0.15, 0.2) is 122 Å². The number of benzene rings is 4. The molecule has 0 N–H and O–H groups in total. The molecule has 182 valence electrons. The van der Waals surface area contributed by atoms with Crippen LogP contribution in [-0.4, -0.2) is 0 Å². The molecule has 0 radical (unpaired) electrons. The van der Waals surface area contributed by atoms with Crippen molar-refractivity contribution in [1.82, 2.24) is 0 Å². The van der Waals surface area contributed by atoms with E-state index in [0.29, 0.717) is 38.1 Å². The van der Waals surface area contributed by atoms with Crippen molar-refractivity contribution < 1.29 is 13.2 Å². The molecule has 6 heteroatoms. The Morgan fingerprint density at radius 3 is 1.70 bits per heavy atom. The molecule has 4 aromatic carbocycles. The lowest BCUT2D eigenvalue weighted by Gasteiger charge is -2.04. The lowest BCUT2D eigenvalue weighted by Crippen LogP contribution is -2.05. The summed E-state index contributed by atoms with van der Waals surface area (Å²) in [4.78, 5) is 24.7. The maximum atomic E-state index is 13.9. The normalized spacial score (nSPS) is 10.8. The Labute approximate surface area is 216 Å². The first kappa shape index (κ1) is 24.2. The number of aryl methyl sites for hydroxylation is 1. The summed E-state index contributed by atoms with van der Waals surface area (Å²) in [6.45, 7) is 1.80. The average molecular weight is 511 g/mol. The van der Waals surface area contributed by atoms with E-state index in [1.54, 1.807) is 61.5 Å². The number of hydrogen-bond donors (Lipinski definition) is 0. The molecule has 0 saturated heterocycles. The Bertz CT molecular complexity index is 1870. The molecule has 0 fully saturated rings. The molecule has 0 unspecified atom stereocenters. The Morgan fingerprint density at radius 2 is 1.14 bits per heavy atom. The predicted octanol–water partition coefficient (Wildman–Crippen LogP) is 8.02. The fourth-order valence-electron chi connectivity index (χ4n) is 4.05. The molecule has 0 aliphatic carbocycles. The van der Waals surface area contributed by atoms with Crippen LogP contribution in [-0.2, 0) is 0 Å². The van der Waals surface area contributed by atoms with Crippen LogP contribution in [0, 0.1) is 12.7 Å². The standard InChI is InChI=1S/C16H11FO2.C15H9ClO2/c1-10-6-7-11(14(17)8-10)13-9-19-15-5-3-2-4-12(15)16(13)18;16-13-7-3-1-5-10(13)12-9-18-14-8-4-2-6-11(14)15(12)17/h2-9H,1H3;1-9H. The number of para-hydroxylation sites is 2. The molecule has 0 amide bonds. The molecule has 0 spiro atoms. The van der Waals surface area contributed by atoms with Crippen LogP contribution in [0.1, 0.15) is 5.56 Å². The zero-order chi connectivity index (χ0) is 25.9. The second-order valence-electron chi connectivity index (χ2n) is 8.41. The van der Waals surface area contributed by atoms with Gasteiger partial charge in [0, 0.05) is 16.1 Å². The molecular weight excluding hydrogens is 491 g/mol. The van der Waals surface area contributed by atoms with Gasteiger partial charge >= 0.3 is 0 Å². The van der Waals surface area contributed by atoms with E-state index in [0.717, 1.165) is 5.56 Å². The second-order valence-corrected chi connectivity index (χ2v) is 8.82. The van der Waals surface area contributed by atoms with Gasteiger partial charge in [0.05, 0.1) is 21.9 Å². The number of hydrogen-bond acceptors (Lipinski definition) is 4. The molecule has 2 aromatic heterocycles. The van der Waals surface area contributed by atoms with E-state index in [1.165, 1.54) is 18.6 Å². The van der Waals surface area contributed by atoms with Gasteiger partial charge in [-0.25, -0.2) is 4.39 Å². The minimum Gasteiger partial charge on any atom is -0.463 e. The third-order valence-corrected chi connectivity index (χ3v) is 6.27. The van der Waals surface area contributed by atoms with E-state index in [9.17, 15) is 14.0 Å². The predicted molar refractivity (Wildman–Crippen MR) is 146 cm³/mol. The summed E-state index contributed by atoms with van der Waals surface area (Å²) in [6.07, 6.45) is 2.78. The van der Waals surface area contributed by atoms with Crippen LogP contribution < -0.4 is 10.9 Å². The molecule has 0 saturated carbocycles. The van der Waals surface area contributed by atoms with E-state index >= 15 is 0 Å². The van der Waals surface area contributed by atoms with Gasteiger partial charge in [-0.3, -0.25) is 9.59 Å². The minimum atomic E-state index is -0.414. The Hall–Kier alpha value is -4.48. The van der Waals surface area contributed by atoms with Crippen LogP contribution >= 0.6 is 11.6 Å². The summed E-state index contributed by atoms with van der Waals surface area (Å²) in [5, 5.41) is 1.56. The molecule has 37 heavy (non-hydrogen) atoms. The highest BCUT2D eigenvalue weighted by Crippen LogP contribution is 2.26. The van der Waals surface area contributed by atoms with Gasteiger partial charge in [0.2, 0.25) is 10.9 Å². The zero-order valence-electron chi connectivity index (χ0n) is 19.7. The van der Waals surface area contributed by atoms with Gasteiger partial charge in [-0.1, -0.05) is 66.2 Å². The lowest BCUT2D eigenvalue weighted by atomic mass is 10.0. The van der Waals surface area contributed by atoms with Gasteiger partial charge in [0.1, 0.15) is 29.5 Å². The summed E-state index contributed by atoms with van der Waals surface area (Å²) in [5.74, 6) is -0.414. The smallest absolute Gasteiger partial charge is 0.200 e. The fraction of sp³-hybridized carbons (Fsp3) is 0.0323. The van der Waals surface area contributed by atoms with Gasteiger partial charge in [0.25, 0.3) is 0 Å². The van der Waals surface area contributed by atoms with E-state index < -0.39 is 5.82 Å². The summed E-state index contributed by atoms with van der Waals surface area (Å²) in [7, 11) is 0. The highest BCUT2D eigenvalue weighted by molar-refractivity contribution is 6.33. The van der Waals surface area contributed by atoms with Crippen molar-refractivity contribution in [2.45, 2.75) is 6.92 Å². The van der Waals surface area contributed by atoms with Gasteiger partial charge in [0.15, 0.2) is 0 Å². The molecule has 2 heterocycles. The van der Waals surface area contributed by atoms with E-state index in [4.69, 9.17) is 20.4 Å². The molecule has 6 rings (SSSR count). The van der Waals surface area contributed by atoms with Crippen LogP contribution in [0.4, 0.5) is 4.39 Å². The van der Waals surface area contributed by atoms with Crippen molar-refractivity contribution in [2.24, 2.45) is 0 Å². The quantitative estimate of drug-likeness (QED) is 0.236. The van der Waals surface area contributed by atoms with Crippen LogP contribution in [0.3, 0.4) is 0 Å². The van der Waals surface area contributed by atoms with Gasteiger partial charge in [-0.2, -0.15) is 0 Å². The maximum absolute atomic E-state index is 13.9. The van der Waals surface area contributed by atoms with Crippen molar-refractivity contribution in [3.8, 4) is 22.3 Å². The molecule has 0 aliphatic heterocycles.